The maximum atomic E-state index is 12.6. The first-order valence-corrected chi connectivity index (χ1v) is 11.9. The lowest BCUT2D eigenvalue weighted by molar-refractivity contribution is -0.384. The highest BCUT2D eigenvalue weighted by molar-refractivity contribution is 7.93. The van der Waals surface area contributed by atoms with Gasteiger partial charge < -0.3 is 0 Å². The van der Waals surface area contributed by atoms with Gasteiger partial charge in [-0.2, -0.15) is 0 Å². The summed E-state index contributed by atoms with van der Waals surface area (Å²) in [4.78, 5) is 14.9. The van der Waals surface area contributed by atoms with E-state index in [0.29, 0.717) is 5.13 Å². The summed E-state index contributed by atoms with van der Waals surface area (Å²) in [5, 5.41) is 13.1. The summed E-state index contributed by atoms with van der Waals surface area (Å²) in [6, 6.07) is 4.87. The normalized spacial score (nSPS) is 31.1. The fraction of sp³-hybridized carbons (Fsp3) is 0.526. The molecule has 6 rings (SSSR count). The zero-order valence-corrected chi connectivity index (χ0v) is 16.8. The average Bonchev–Trinajstić information content (AvgIpc) is 3.09. The monoisotopic (exact) mass is 419 g/mol. The number of rotatable bonds is 5. The molecule has 1 aromatic carbocycles. The number of hydrogen-bond acceptors (Lipinski definition) is 6. The molecule has 1 heterocycles. The number of thiazole rings is 1. The summed E-state index contributed by atoms with van der Waals surface area (Å²) < 4.78 is 27.8. The van der Waals surface area contributed by atoms with E-state index in [2.05, 4.69) is 9.71 Å². The highest BCUT2D eigenvalue weighted by Gasteiger charge is 2.52. The number of nitro groups is 1. The smallest absolute Gasteiger partial charge is 0.258 e. The molecule has 7 nitrogen and oxygen atoms in total. The molecule has 0 spiro atoms. The number of nitrogens with zero attached hydrogens (tertiary/aromatic N) is 2. The second-order valence-electron chi connectivity index (χ2n) is 8.59. The Balaban J connectivity index is 1.37. The predicted octanol–water partition coefficient (Wildman–Crippen LogP) is 4.32. The van der Waals surface area contributed by atoms with Gasteiger partial charge in [-0.05, 0) is 68.4 Å². The van der Waals surface area contributed by atoms with Crippen LogP contribution in [-0.4, -0.2) is 18.3 Å². The molecular weight excluding hydrogens is 398 g/mol. The molecule has 4 fully saturated rings. The van der Waals surface area contributed by atoms with Crippen molar-refractivity contribution in [3.8, 4) is 0 Å². The fourth-order valence-corrected chi connectivity index (χ4v) is 8.00. The largest absolute Gasteiger partial charge is 0.269 e. The maximum Gasteiger partial charge on any atom is 0.269 e. The van der Waals surface area contributed by atoms with Crippen LogP contribution in [0.15, 0.2) is 34.5 Å². The Morgan fingerprint density at radius 3 is 2.18 bits per heavy atom. The zero-order valence-electron chi connectivity index (χ0n) is 15.2. The van der Waals surface area contributed by atoms with Gasteiger partial charge in [0.2, 0.25) is 0 Å². The zero-order chi connectivity index (χ0) is 19.5. The molecule has 28 heavy (non-hydrogen) atoms. The highest BCUT2D eigenvalue weighted by atomic mass is 32.2. The molecule has 4 aliphatic rings. The fourth-order valence-electron chi connectivity index (χ4n) is 5.91. The second-order valence-corrected chi connectivity index (χ2v) is 11.1. The standard InChI is InChI=1S/C19H21N3O4S2/c23-22(24)15-1-3-16(4-2-15)28(25,26)21-18-20-17(11-27-18)19-8-12-5-13(9-19)7-14(6-12)10-19/h1-4,11-14H,5-10H2,(H,20,21). The number of sulfonamides is 1. The summed E-state index contributed by atoms with van der Waals surface area (Å²) in [7, 11) is -3.82. The van der Waals surface area contributed by atoms with Crippen LogP contribution >= 0.6 is 11.3 Å². The second kappa shape index (κ2) is 6.25. The van der Waals surface area contributed by atoms with Crippen LogP contribution in [0.25, 0.3) is 0 Å². The summed E-state index contributed by atoms with van der Waals surface area (Å²) in [6.07, 6.45) is 7.58. The van der Waals surface area contributed by atoms with Crippen molar-refractivity contribution in [1.82, 2.24) is 4.98 Å². The highest BCUT2D eigenvalue weighted by Crippen LogP contribution is 2.60. The van der Waals surface area contributed by atoms with E-state index in [1.807, 2.05) is 5.38 Å². The van der Waals surface area contributed by atoms with Gasteiger partial charge in [0.15, 0.2) is 5.13 Å². The molecule has 4 saturated carbocycles. The molecule has 0 atom stereocenters. The number of nitrogens with one attached hydrogen (secondary N) is 1. The van der Waals surface area contributed by atoms with Crippen LogP contribution in [0.5, 0.6) is 0 Å². The van der Waals surface area contributed by atoms with Gasteiger partial charge in [-0.3, -0.25) is 14.8 Å². The minimum atomic E-state index is -3.82. The van der Waals surface area contributed by atoms with Crippen molar-refractivity contribution >= 4 is 32.2 Å². The third kappa shape index (κ3) is 3.00. The van der Waals surface area contributed by atoms with Crippen molar-refractivity contribution in [2.24, 2.45) is 17.8 Å². The van der Waals surface area contributed by atoms with Crippen molar-refractivity contribution in [3.05, 3.63) is 45.5 Å². The molecule has 0 radical (unpaired) electrons. The average molecular weight is 420 g/mol. The molecule has 0 saturated heterocycles. The van der Waals surface area contributed by atoms with Gasteiger partial charge in [0, 0.05) is 22.9 Å². The summed E-state index contributed by atoms with van der Waals surface area (Å²) in [5.74, 6) is 2.40. The number of benzene rings is 1. The first kappa shape index (κ1) is 18.1. The maximum absolute atomic E-state index is 12.6. The van der Waals surface area contributed by atoms with E-state index in [9.17, 15) is 18.5 Å². The molecule has 148 valence electrons. The summed E-state index contributed by atoms with van der Waals surface area (Å²) in [5.41, 5.74) is 1.03. The molecule has 4 aliphatic carbocycles. The van der Waals surface area contributed by atoms with Crippen LogP contribution in [0.1, 0.15) is 44.2 Å². The van der Waals surface area contributed by atoms with Crippen LogP contribution < -0.4 is 4.72 Å². The van der Waals surface area contributed by atoms with E-state index in [1.165, 1.54) is 74.1 Å². The lowest BCUT2D eigenvalue weighted by Gasteiger charge is -2.56. The number of aromatic nitrogens is 1. The molecule has 9 heteroatoms. The molecule has 0 unspecified atom stereocenters. The Morgan fingerprint density at radius 2 is 1.64 bits per heavy atom. The van der Waals surface area contributed by atoms with E-state index in [0.717, 1.165) is 23.4 Å². The Bertz CT molecular complexity index is 994. The first-order valence-electron chi connectivity index (χ1n) is 9.56. The van der Waals surface area contributed by atoms with Crippen molar-refractivity contribution in [2.75, 3.05) is 4.72 Å². The minimum absolute atomic E-state index is 0.00958. The summed E-state index contributed by atoms with van der Waals surface area (Å²) in [6.45, 7) is 0. The van der Waals surface area contributed by atoms with Gasteiger partial charge in [-0.15, -0.1) is 11.3 Å². The van der Waals surface area contributed by atoms with Gasteiger partial charge >= 0.3 is 0 Å². The molecule has 1 N–H and O–H groups in total. The number of non-ortho nitro benzene ring substituents is 1. The lowest BCUT2D eigenvalue weighted by atomic mass is 9.49. The summed E-state index contributed by atoms with van der Waals surface area (Å²) >= 11 is 1.32. The molecule has 0 amide bonds. The predicted molar refractivity (Wildman–Crippen MR) is 106 cm³/mol. The van der Waals surface area contributed by atoms with Crippen molar-refractivity contribution < 1.29 is 13.3 Å². The van der Waals surface area contributed by atoms with E-state index in [-0.39, 0.29) is 16.0 Å². The number of hydrogen-bond donors (Lipinski definition) is 1. The van der Waals surface area contributed by atoms with Crippen LogP contribution in [-0.2, 0) is 15.4 Å². The first-order chi connectivity index (χ1) is 13.3. The van der Waals surface area contributed by atoms with Gasteiger partial charge in [0.1, 0.15) is 0 Å². The number of nitro benzene ring substituents is 1. The van der Waals surface area contributed by atoms with Crippen molar-refractivity contribution in [3.63, 3.8) is 0 Å². The quantitative estimate of drug-likeness (QED) is 0.574. The van der Waals surface area contributed by atoms with Gasteiger partial charge in [-0.25, -0.2) is 13.4 Å². The SMILES string of the molecule is O=[N+]([O-])c1ccc(S(=O)(=O)Nc2nc(C34CC5CC(CC(C5)C3)C4)cs2)cc1. The van der Waals surface area contributed by atoms with E-state index >= 15 is 0 Å². The molecule has 2 aromatic rings. The Kier molecular flexibility index (Phi) is 4.03. The molecule has 4 bridgehead atoms. The van der Waals surface area contributed by atoms with E-state index < -0.39 is 14.9 Å². The van der Waals surface area contributed by atoms with Gasteiger partial charge in [-0.1, -0.05) is 0 Å². The Morgan fingerprint density at radius 1 is 1.07 bits per heavy atom. The van der Waals surface area contributed by atoms with Crippen LogP contribution in [0.3, 0.4) is 0 Å². The van der Waals surface area contributed by atoms with Gasteiger partial charge in [0.25, 0.3) is 15.7 Å². The molecular formula is C19H21N3O4S2. The molecule has 1 aromatic heterocycles. The minimum Gasteiger partial charge on any atom is -0.258 e. The third-order valence-corrected chi connectivity index (χ3v) is 8.91. The van der Waals surface area contributed by atoms with Crippen LogP contribution in [0, 0.1) is 27.9 Å². The lowest BCUT2D eigenvalue weighted by Crippen LogP contribution is -2.48. The van der Waals surface area contributed by atoms with Crippen molar-refractivity contribution in [1.29, 1.82) is 0 Å². The topological polar surface area (TPSA) is 102 Å². The van der Waals surface area contributed by atoms with Crippen LogP contribution in [0.4, 0.5) is 10.8 Å². The Labute approximate surface area is 167 Å². The molecule has 0 aliphatic heterocycles. The van der Waals surface area contributed by atoms with Crippen molar-refractivity contribution in [2.45, 2.75) is 48.8 Å². The third-order valence-electron chi connectivity index (χ3n) is 6.67. The van der Waals surface area contributed by atoms with E-state index in [1.54, 1.807) is 0 Å². The van der Waals surface area contributed by atoms with Gasteiger partial charge in [0.05, 0.1) is 15.5 Å². The Hall–Kier alpha value is -2.00. The number of anilines is 1. The van der Waals surface area contributed by atoms with Crippen LogP contribution in [0.2, 0.25) is 0 Å². The van der Waals surface area contributed by atoms with E-state index in [4.69, 9.17) is 0 Å².